The topological polar surface area (TPSA) is 89.3 Å². The van der Waals surface area contributed by atoms with Gasteiger partial charge in [-0.05, 0) is 31.9 Å². The molecule has 1 aliphatic heterocycles. The SMILES string of the molecule is CCOC(=O)c1c(C)[nH]c(C2=Nn3c(nc4scc(-c5ccccc5)c4c3=O)SC2)c1C. The van der Waals surface area contributed by atoms with Crippen LogP contribution in [0.1, 0.15) is 34.2 Å². The highest BCUT2D eigenvalue weighted by molar-refractivity contribution is 7.99. The van der Waals surface area contributed by atoms with Gasteiger partial charge in [0.2, 0.25) is 0 Å². The van der Waals surface area contributed by atoms with Crippen molar-refractivity contribution in [2.75, 3.05) is 12.4 Å². The number of rotatable bonds is 4. The molecule has 32 heavy (non-hydrogen) atoms. The van der Waals surface area contributed by atoms with Crippen LogP contribution in [0.15, 0.2) is 50.8 Å². The van der Waals surface area contributed by atoms with Gasteiger partial charge in [-0.2, -0.15) is 9.78 Å². The minimum absolute atomic E-state index is 0.193. The van der Waals surface area contributed by atoms with Gasteiger partial charge in [-0.3, -0.25) is 4.79 Å². The Hall–Kier alpha value is -3.17. The number of aromatic amines is 1. The Morgan fingerprint density at radius 1 is 1.25 bits per heavy atom. The Balaban J connectivity index is 1.65. The maximum absolute atomic E-state index is 13.5. The van der Waals surface area contributed by atoms with Crippen LogP contribution >= 0.6 is 23.1 Å². The Labute approximate surface area is 192 Å². The van der Waals surface area contributed by atoms with E-state index in [4.69, 9.17) is 9.72 Å². The van der Waals surface area contributed by atoms with Crippen LogP contribution in [0.5, 0.6) is 0 Å². The zero-order chi connectivity index (χ0) is 22.4. The number of thiophene rings is 1. The zero-order valence-electron chi connectivity index (χ0n) is 17.8. The molecule has 1 aliphatic rings. The number of esters is 1. The number of carbonyl (C=O) groups is 1. The summed E-state index contributed by atoms with van der Waals surface area (Å²) in [5.41, 5.74) is 5.09. The molecule has 0 unspecified atom stereocenters. The summed E-state index contributed by atoms with van der Waals surface area (Å²) in [4.78, 5) is 34.5. The van der Waals surface area contributed by atoms with Crippen LogP contribution in [0.25, 0.3) is 21.3 Å². The van der Waals surface area contributed by atoms with Crippen molar-refractivity contribution in [3.8, 4) is 11.1 Å². The second-order valence-electron chi connectivity index (χ2n) is 7.39. The van der Waals surface area contributed by atoms with Gasteiger partial charge >= 0.3 is 5.97 Å². The predicted octanol–water partition coefficient (Wildman–Crippen LogP) is 4.60. The van der Waals surface area contributed by atoms with Crippen LogP contribution in [0.4, 0.5) is 0 Å². The molecule has 9 heteroatoms. The lowest BCUT2D eigenvalue weighted by Crippen LogP contribution is -2.26. The van der Waals surface area contributed by atoms with Gasteiger partial charge in [-0.25, -0.2) is 9.78 Å². The first kappa shape index (κ1) is 20.7. The molecule has 3 aromatic heterocycles. The molecule has 7 nitrogen and oxygen atoms in total. The maximum Gasteiger partial charge on any atom is 0.340 e. The molecule has 0 fully saturated rings. The fourth-order valence-corrected chi connectivity index (χ4v) is 5.79. The number of aromatic nitrogens is 3. The van der Waals surface area contributed by atoms with E-state index in [9.17, 15) is 9.59 Å². The normalized spacial score (nSPS) is 13.2. The summed E-state index contributed by atoms with van der Waals surface area (Å²) in [5.74, 6) is 0.179. The molecule has 0 bridgehead atoms. The van der Waals surface area contributed by atoms with Crippen molar-refractivity contribution in [2.24, 2.45) is 5.10 Å². The Bertz CT molecular complexity index is 1450. The lowest BCUT2D eigenvalue weighted by molar-refractivity contribution is 0.0525. The summed E-state index contributed by atoms with van der Waals surface area (Å²) in [5, 5.41) is 7.77. The van der Waals surface area contributed by atoms with E-state index in [2.05, 4.69) is 10.1 Å². The molecule has 0 radical (unpaired) electrons. The fourth-order valence-electron chi connectivity index (χ4n) is 3.93. The van der Waals surface area contributed by atoms with Crippen molar-refractivity contribution in [1.82, 2.24) is 14.6 Å². The number of fused-ring (bicyclic) bond motifs is 2. The van der Waals surface area contributed by atoms with Crippen LogP contribution in [0.2, 0.25) is 0 Å². The summed E-state index contributed by atoms with van der Waals surface area (Å²) in [7, 11) is 0. The minimum Gasteiger partial charge on any atom is -0.462 e. The minimum atomic E-state index is -0.360. The third kappa shape index (κ3) is 3.28. The molecule has 1 aromatic carbocycles. The van der Waals surface area contributed by atoms with Crippen LogP contribution in [0.3, 0.4) is 0 Å². The molecular formula is C23H20N4O3S2. The summed E-state index contributed by atoms with van der Waals surface area (Å²) < 4.78 is 6.57. The third-order valence-electron chi connectivity index (χ3n) is 5.41. The number of aryl methyl sites for hydroxylation is 1. The molecule has 5 rings (SSSR count). The Morgan fingerprint density at radius 3 is 2.78 bits per heavy atom. The average molecular weight is 465 g/mol. The molecule has 1 N–H and O–H groups in total. The van der Waals surface area contributed by atoms with Crippen LogP contribution in [0, 0.1) is 13.8 Å². The highest BCUT2D eigenvalue weighted by atomic mass is 32.2. The first-order valence-corrected chi connectivity index (χ1v) is 12.0. The van der Waals surface area contributed by atoms with E-state index in [0.717, 1.165) is 28.1 Å². The van der Waals surface area contributed by atoms with Crippen LogP contribution in [-0.4, -0.2) is 38.7 Å². The van der Waals surface area contributed by atoms with E-state index in [-0.39, 0.29) is 11.5 Å². The number of nitrogens with zero attached hydrogens (tertiary/aromatic N) is 3. The zero-order valence-corrected chi connectivity index (χ0v) is 19.4. The Morgan fingerprint density at radius 2 is 2.03 bits per heavy atom. The first-order valence-electron chi connectivity index (χ1n) is 10.2. The molecule has 0 atom stereocenters. The largest absolute Gasteiger partial charge is 0.462 e. The first-order chi connectivity index (χ1) is 15.5. The quantitative estimate of drug-likeness (QED) is 0.352. The van der Waals surface area contributed by atoms with Crippen molar-refractivity contribution in [3.05, 3.63) is 68.6 Å². The van der Waals surface area contributed by atoms with E-state index >= 15 is 0 Å². The second kappa shape index (κ2) is 8.07. The van der Waals surface area contributed by atoms with Crippen LogP contribution in [-0.2, 0) is 4.74 Å². The van der Waals surface area contributed by atoms with Gasteiger partial charge in [0.25, 0.3) is 5.56 Å². The van der Waals surface area contributed by atoms with Gasteiger partial charge in [-0.15, -0.1) is 11.3 Å². The van der Waals surface area contributed by atoms with E-state index < -0.39 is 0 Å². The number of ether oxygens (including phenoxy) is 1. The van der Waals surface area contributed by atoms with Crippen molar-refractivity contribution in [1.29, 1.82) is 0 Å². The second-order valence-corrected chi connectivity index (χ2v) is 9.19. The number of hydrogen-bond donors (Lipinski definition) is 1. The Kier molecular flexibility index (Phi) is 5.22. The molecule has 4 heterocycles. The lowest BCUT2D eigenvalue weighted by Gasteiger charge is -2.15. The van der Waals surface area contributed by atoms with E-state index in [1.165, 1.54) is 27.8 Å². The molecule has 4 aromatic rings. The highest BCUT2D eigenvalue weighted by Gasteiger charge is 2.26. The maximum atomic E-state index is 13.5. The van der Waals surface area contributed by atoms with Gasteiger partial charge in [0.1, 0.15) is 4.83 Å². The number of benzene rings is 1. The fraction of sp³-hybridized carbons (Fsp3) is 0.217. The number of carbonyl (C=O) groups excluding carboxylic acids is 1. The number of thioether (sulfide) groups is 1. The lowest BCUT2D eigenvalue weighted by atomic mass is 10.1. The number of nitrogens with one attached hydrogen (secondary N) is 1. The summed E-state index contributed by atoms with van der Waals surface area (Å²) in [6.07, 6.45) is 0. The standard InChI is InChI=1S/C23H20N4O3S2/c1-4-30-22(29)17-12(2)19(24-13(17)3)16-11-32-23-25-20-18(21(28)27(23)26-16)15(10-31-20)14-8-6-5-7-9-14/h5-10,24H,4,11H2,1-3H3. The third-order valence-corrected chi connectivity index (χ3v) is 7.22. The highest BCUT2D eigenvalue weighted by Crippen LogP contribution is 2.33. The van der Waals surface area contributed by atoms with Gasteiger partial charge < -0.3 is 9.72 Å². The van der Waals surface area contributed by atoms with Gasteiger partial charge in [-0.1, -0.05) is 42.1 Å². The summed E-state index contributed by atoms with van der Waals surface area (Å²) >= 11 is 2.92. The average Bonchev–Trinajstić information content (AvgIpc) is 3.35. The monoisotopic (exact) mass is 464 g/mol. The smallest absolute Gasteiger partial charge is 0.340 e. The summed E-state index contributed by atoms with van der Waals surface area (Å²) in [6, 6.07) is 9.81. The number of H-pyrrole nitrogens is 1. The molecule has 0 amide bonds. The predicted molar refractivity (Wildman–Crippen MR) is 128 cm³/mol. The van der Waals surface area contributed by atoms with Gasteiger partial charge in [0, 0.05) is 22.4 Å². The van der Waals surface area contributed by atoms with E-state index in [0.29, 0.717) is 39.0 Å². The van der Waals surface area contributed by atoms with Crippen molar-refractivity contribution >= 4 is 45.0 Å². The molecule has 0 saturated heterocycles. The molecule has 0 spiro atoms. The van der Waals surface area contributed by atoms with Gasteiger partial charge in [0.05, 0.1) is 29.0 Å². The van der Waals surface area contributed by atoms with Gasteiger partial charge in [0.15, 0.2) is 5.16 Å². The summed E-state index contributed by atoms with van der Waals surface area (Å²) in [6.45, 7) is 5.79. The molecule has 162 valence electrons. The van der Waals surface area contributed by atoms with E-state index in [1.807, 2.05) is 49.6 Å². The molecule has 0 saturated carbocycles. The van der Waals surface area contributed by atoms with Crippen molar-refractivity contribution in [2.45, 2.75) is 25.9 Å². The van der Waals surface area contributed by atoms with Crippen molar-refractivity contribution < 1.29 is 9.53 Å². The van der Waals surface area contributed by atoms with E-state index in [1.54, 1.807) is 6.92 Å². The molecular weight excluding hydrogens is 444 g/mol. The molecule has 0 aliphatic carbocycles. The van der Waals surface area contributed by atoms with Crippen molar-refractivity contribution in [3.63, 3.8) is 0 Å². The number of hydrogen-bond acceptors (Lipinski definition) is 7. The van der Waals surface area contributed by atoms with Crippen LogP contribution < -0.4 is 5.56 Å².